The van der Waals surface area contributed by atoms with Gasteiger partial charge in [-0.2, -0.15) is 0 Å². The number of halogens is 2. The number of hydrogen-bond acceptors (Lipinski definition) is 6. The lowest BCUT2D eigenvalue weighted by atomic mass is 10.1. The summed E-state index contributed by atoms with van der Waals surface area (Å²) in [7, 11) is 0. The average Bonchev–Trinajstić information content (AvgIpc) is 2.79. The van der Waals surface area contributed by atoms with E-state index in [0.717, 1.165) is 30.5 Å². The number of carbonyl (C=O) groups is 2. The van der Waals surface area contributed by atoms with Gasteiger partial charge in [0.2, 0.25) is 5.91 Å². The number of pyridine rings is 1. The van der Waals surface area contributed by atoms with Crippen LogP contribution in [-0.4, -0.2) is 29.8 Å². The first-order chi connectivity index (χ1) is 16.4. The fraction of sp³-hybridized carbons (Fsp3) is 0.240. The van der Waals surface area contributed by atoms with Crippen LogP contribution >= 0.6 is 0 Å². The van der Waals surface area contributed by atoms with Gasteiger partial charge >= 0.3 is 0 Å². The standard InChI is InChI=1S/C25H25F2N5O2/c26-18-9-16(10-19(27)12-18)14-29-23-13-25(30-15-17(23)11-24(28)34)31-20-1-3-21(4-2-20)32-7-5-22(33)6-8-32/h1-4,9-10,12-13,15H,5-8,11,14H2,(H2,28,34)(H2,29,30,31). The van der Waals surface area contributed by atoms with E-state index in [1.165, 1.54) is 12.1 Å². The number of rotatable bonds is 8. The number of benzene rings is 2. The Hall–Kier alpha value is -4.01. The van der Waals surface area contributed by atoms with E-state index in [4.69, 9.17) is 5.73 Å². The van der Waals surface area contributed by atoms with Crippen LogP contribution < -0.4 is 21.3 Å². The van der Waals surface area contributed by atoms with E-state index < -0.39 is 17.5 Å². The molecule has 3 aromatic rings. The number of nitrogens with zero attached hydrogens (tertiary/aromatic N) is 2. The highest BCUT2D eigenvalue weighted by molar-refractivity contribution is 5.81. The summed E-state index contributed by atoms with van der Waals surface area (Å²) in [6, 6.07) is 12.8. The van der Waals surface area contributed by atoms with Crippen molar-refractivity contribution in [3.8, 4) is 0 Å². The van der Waals surface area contributed by atoms with Gasteiger partial charge in [0.25, 0.3) is 0 Å². The summed E-state index contributed by atoms with van der Waals surface area (Å²) in [5.41, 5.74) is 8.79. The fourth-order valence-electron chi connectivity index (χ4n) is 3.87. The molecule has 0 radical (unpaired) electrons. The van der Waals surface area contributed by atoms with Gasteiger partial charge in [-0.15, -0.1) is 0 Å². The molecule has 1 amide bonds. The molecule has 1 aromatic heterocycles. The van der Waals surface area contributed by atoms with Crippen LogP contribution in [0.1, 0.15) is 24.0 Å². The van der Waals surface area contributed by atoms with Crippen LogP contribution in [0.25, 0.3) is 0 Å². The molecule has 9 heteroatoms. The monoisotopic (exact) mass is 465 g/mol. The fourth-order valence-corrected chi connectivity index (χ4v) is 3.87. The molecular formula is C25H25F2N5O2. The SMILES string of the molecule is NC(=O)Cc1cnc(Nc2ccc(N3CCC(=O)CC3)cc2)cc1NCc1cc(F)cc(F)c1. The first kappa shape index (κ1) is 23.2. The second kappa shape index (κ2) is 10.3. The molecule has 1 fully saturated rings. The summed E-state index contributed by atoms with van der Waals surface area (Å²) in [5, 5.41) is 6.33. The van der Waals surface area contributed by atoms with Gasteiger partial charge in [0, 0.05) is 73.4 Å². The maximum Gasteiger partial charge on any atom is 0.221 e. The summed E-state index contributed by atoms with van der Waals surface area (Å²) in [4.78, 5) is 29.5. The van der Waals surface area contributed by atoms with Crippen LogP contribution in [0.5, 0.6) is 0 Å². The number of nitrogens with two attached hydrogens (primary N) is 1. The Kier molecular flexibility index (Phi) is 7.01. The third-order valence-corrected chi connectivity index (χ3v) is 5.58. The van der Waals surface area contributed by atoms with Crippen molar-refractivity contribution in [2.45, 2.75) is 25.8 Å². The third kappa shape index (κ3) is 6.06. The molecule has 7 nitrogen and oxygen atoms in total. The summed E-state index contributed by atoms with van der Waals surface area (Å²) < 4.78 is 27.0. The summed E-state index contributed by atoms with van der Waals surface area (Å²) in [5.74, 6) is -1.01. The molecule has 0 atom stereocenters. The van der Waals surface area contributed by atoms with E-state index in [1.54, 1.807) is 12.3 Å². The highest BCUT2D eigenvalue weighted by Gasteiger charge is 2.16. The van der Waals surface area contributed by atoms with Gasteiger partial charge in [-0.25, -0.2) is 13.8 Å². The second-order valence-corrected chi connectivity index (χ2v) is 8.20. The van der Waals surface area contributed by atoms with E-state index in [0.29, 0.717) is 41.3 Å². The Balaban J connectivity index is 1.48. The zero-order valence-electron chi connectivity index (χ0n) is 18.5. The van der Waals surface area contributed by atoms with Crippen molar-refractivity contribution >= 4 is 34.6 Å². The number of anilines is 4. The minimum absolute atomic E-state index is 0.0276. The summed E-state index contributed by atoms with van der Waals surface area (Å²) >= 11 is 0. The van der Waals surface area contributed by atoms with Crippen molar-refractivity contribution < 1.29 is 18.4 Å². The third-order valence-electron chi connectivity index (χ3n) is 5.58. The first-order valence-electron chi connectivity index (χ1n) is 11.0. The number of amides is 1. The Morgan fingerprint density at radius 1 is 1.03 bits per heavy atom. The lowest BCUT2D eigenvalue weighted by Gasteiger charge is -2.28. The highest BCUT2D eigenvalue weighted by atomic mass is 19.1. The van der Waals surface area contributed by atoms with E-state index >= 15 is 0 Å². The molecule has 176 valence electrons. The molecule has 2 heterocycles. The number of Topliss-reactive ketones (excluding diaryl/α,β-unsaturated/α-hetero) is 1. The predicted octanol–water partition coefficient (Wildman–Crippen LogP) is 3.91. The molecule has 1 saturated heterocycles. The Bertz CT molecular complexity index is 1170. The van der Waals surface area contributed by atoms with Gasteiger partial charge in [-0.3, -0.25) is 9.59 Å². The molecule has 0 unspecified atom stereocenters. The molecule has 0 spiro atoms. The molecule has 4 rings (SSSR count). The van der Waals surface area contributed by atoms with Gasteiger partial charge in [0.1, 0.15) is 23.2 Å². The molecule has 1 aliphatic rings. The number of nitrogens with one attached hydrogen (secondary N) is 2. The van der Waals surface area contributed by atoms with E-state index in [-0.39, 0.29) is 13.0 Å². The number of aromatic nitrogens is 1. The summed E-state index contributed by atoms with van der Waals surface area (Å²) in [6.45, 7) is 1.59. The van der Waals surface area contributed by atoms with Crippen LogP contribution in [0.3, 0.4) is 0 Å². The van der Waals surface area contributed by atoms with Gasteiger partial charge in [0.15, 0.2) is 0 Å². The summed E-state index contributed by atoms with van der Waals surface area (Å²) in [6.07, 6.45) is 2.65. The number of piperidine rings is 1. The zero-order valence-corrected chi connectivity index (χ0v) is 18.5. The van der Waals surface area contributed by atoms with Crippen LogP contribution in [0.15, 0.2) is 54.7 Å². The first-order valence-corrected chi connectivity index (χ1v) is 11.0. The smallest absolute Gasteiger partial charge is 0.221 e. The van der Waals surface area contributed by atoms with Crippen LogP contribution in [0.2, 0.25) is 0 Å². The maximum atomic E-state index is 13.5. The van der Waals surface area contributed by atoms with Crippen LogP contribution in [0, 0.1) is 11.6 Å². The molecule has 4 N–H and O–H groups in total. The molecule has 0 saturated carbocycles. The van der Waals surface area contributed by atoms with E-state index in [1.807, 2.05) is 24.3 Å². The van der Waals surface area contributed by atoms with Crippen molar-refractivity contribution in [2.24, 2.45) is 5.73 Å². The van der Waals surface area contributed by atoms with Gasteiger partial charge < -0.3 is 21.3 Å². The minimum atomic E-state index is -0.661. The maximum absolute atomic E-state index is 13.5. The number of carbonyl (C=O) groups excluding carboxylic acids is 2. The van der Waals surface area contributed by atoms with Crippen molar-refractivity contribution in [3.05, 3.63) is 77.5 Å². The van der Waals surface area contributed by atoms with E-state index in [9.17, 15) is 18.4 Å². The molecular weight excluding hydrogens is 440 g/mol. The molecule has 0 bridgehead atoms. The lowest BCUT2D eigenvalue weighted by molar-refractivity contribution is -0.119. The number of primary amides is 1. The Labute approximate surface area is 196 Å². The largest absolute Gasteiger partial charge is 0.381 e. The quantitative estimate of drug-likeness (QED) is 0.466. The predicted molar refractivity (Wildman–Crippen MR) is 127 cm³/mol. The Morgan fingerprint density at radius 2 is 1.71 bits per heavy atom. The zero-order chi connectivity index (χ0) is 24.1. The van der Waals surface area contributed by atoms with Crippen molar-refractivity contribution in [2.75, 3.05) is 28.6 Å². The average molecular weight is 466 g/mol. The minimum Gasteiger partial charge on any atom is -0.381 e. The van der Waals surface area contributed by atoms with E-state index in [2.05, 4.69) is 20.5 Å². The normalized spacial score (nSPS) is 13.6. The van der Waals surface area contributed by atoms with Gasteiger partial charge in [-0.1, -0.05) is 0 Å². The molecule has 2 aromatic carbocycles. The topological polar surface area (TPSA) is 100 Å². The van der Waals surface area contributed by atoms with Crippen molar-refractivity contribution in [1.29, 1.82) is 0 Å². The van der Waals surface area contributed by atoms with Gasteiger partial charge in [-0.05, 0) is 42.0 Å². The highest BCUT2D eigenvalue weighted by Crippen LogP contribution is 2.25. The van der Waals surface area contributed by atoms with Gasteiger partial charge in [0.05, 0.1) is 6.42 Å². The molecule has 0 aliphatic carbocycles. The molecule has 34 heavy (non-hydrogen) atoms. The van der Waals surface area contributed by atoms with Crippen molar-refractivity contribution in [3.63, 3.8) is 0 Å². The number of hydrogen-bond donors (Lipinski definition) is 3. The van der Waals surface area contributed by atoms with Crippen LogP contribution in [-0.2, 0) is 22.6 Å². The number of ketones is 1. The van der Waals surface area contributed by atoms with Crippen molar-refractivity contribution in [1.82, 2.24) is 4.98 Å². The lowest BCUT2D eigenvalue weighted by Crippen LogP contribution is -2.33. The molecule has 1 aliphatic heterocycles. The Morgan fingerprint density at radius 3 is 2.35 bits per heavy atom. The second-order valence-electron chi connectivity index (χ2n) is 8.20. The van der Waals surface area contributed by atoms with Crippen LogP contribution in [0.4, 0.5) is 31.7 Å².